The van der Waals surface area contributed by atoms with Gasteiger partial charge in [0.25, 0.3) is 5.91 Å². The number of amides is 1. The second-order valence-electron chi connectivity index (χ2n) is 8.11. The molecule has 1 amide bonds. The molecule has 2 aromatic rings. The number of nitrogens with two attached hydrogens (primary N) is 1. The van der Waals surface area contributed by atoms with E-state index in [9.17, 15) is 18.4 Å². The fourth-order valence-electron chi connectivity index (χ4n) is 2.99. The molecule has 0 spiro atoms. The van der Waals surface area contributed by atoms with Crippen LogP contribution in [0.5, 0.6) is 5.75 Å². The molecule has 0 aliphatic heterocycles. The monoisotopic (exact) mass is 545 g/mol. The van der Waals surface area contributed by atoms with Gasteiger partial charge in [-0.3, -0.25) is 9.59 Å². The van der Waals surface area contributed by atoms with Crippen molar-refractivity contribution in [2.75, 3.05) is 6.61 Å². The van der Waals surface area contributed by atoms with E-state index in [1.807, 2.05) is 22.6 Å². The van der Waals surface area contributed by atoms with Crippen LogP contribution in [-0.2, 0) is 16.0 Å². The highest BCUT2D eigenvalue weighted by Gasteiger charge is 2.19. The zero-order valence-electron chi connectivity index (χ0n) is 17.8. The number of ether oxygens (including phenoxy) is 2. The van der Waals surface area contributed by atoms with E-state index in [0.717, 1.165) is 15.7 Å². The highest BCUT2D eigenvalue weighted by Crippen LogP contribution is 2.27. The topological polar surface area (TPSA) is 78.6 Å². The number of esters is 1. The minimum absolute atomic E-state index is 0.00527. The van der Waals surface area contributed by atoms with Crippen LogP contribution < -0.4 is 10.5 Å². The van der Waals surface area contributed by atoms with E-state index in [1.54, 1.807) is 32.9 Å². The lowest BCUT2D eigenvalue weighted by atomic mass is 9.98. The molecule has 2 N–H and O–H groups in total. The maximum absolute atomic E-state index is 14.2. The molecule has 0 aliphatic carbocycles. The molecule has 0 unspecified atom stereocenters. The molecule has 8 heteroatoms. The van der Waals surface area contributed by atoms with Gasteiger partial charge in [-0.1, -0.05) is 6.07 Å². The van der Waals surface area contributed by atoms with Crippen molar-refractivity contribution >= 4 is 34.5 Å². The van der Waals surface area contributed by atoms with E-state index < -0.39 is 23.1 Å². The third-order valence-electron chi connectivity index (χ3n) is 4.24. The van der Waals surface area contributed by atoms with E-state index in [2.05, 4.69) is 0 Å². The van der Waals surface area contributed by atoms with Gasteiger partial charge in [0.15, 0.2) is 0 Å². The molecule has 0 saturated carbocycles. The number of rotatable bonds is 9. The number of halogens is 3. The summed E-state index contributed by atoms with van der Waals surface area (Å²) in [6.07, 6.45) is 1.23. The van der Waals surface area contributed by atoms with Crippen LogP contribution in [0, 0.1) is 15.2 Å². The summed E-state index contributed by atoms with van der Waals surface area (Å²) in [5.74, 6) is -2.15. The van der Waals surface area contributed by atoms with Gasteiger partial charge in [0, 0.05) is 22.5 Å². The molecule has 0 radical (unpaired) electrons. The first-order chi connectivity index (χ1) is 14.5. The quantitative estimate of drug-likeness (QED) is 0.269. The van der Waals surface area contributed by atoms with Crippen molar-refractivity contribution in [1.29, 1.82) is 0 Å². The van der Waals surface area contributed by atoms with Crippen LogP contribution >= 0.6 is 22.6 Å². The molecule has 31 heavy (non-hydrogen) atoms. The summed E-state index contributed by atoms with van der Waals surface area (Å²) in [7, 11) is 0. The van der Waals surface area contributed by atoms with Crippen LogP contribution in [0.1, 0.15) is 61.5 Å². The second-order valence-corrected chi connectivity index (χ2v) is 9.35. The highest BCUT2D eigenvalue weighted by atomic mass is 127. The van der Waals surface area contributed by atoms with E-state index >= 15 is 0 Å². The fourth-order valence-corrected chi connectivity index (χ4v) is 3.44. The van der Waals surface area contributed by atoms with Crippen LogP contribution in [0.15, 0.2) is 30.3 Å². The molecule has 0 aromatic heterocycles. The van der Waals surface area contributed by atoms with Gasteiger partial charge >= 0.3 is 5.97 Å². The molecule has 2 rings (SSSR count). The molecule has 0 atom stereocenters. The summed E-state index contributed by atoms with van der Waals surface area (Å²) in [6, 6.07) is 6.92. The van der Waals surface area contributed by atoms with E-state index in [1.165, 1.54) is 6.07 Å². The maximum Gasteiger partial charge on any atom is 0.306 e. The van der Waals surface area contributed by atoms with E-state index in [0.29, 0.717) is 18.4 Å². The maximum atomic E-state index is 14.2. The Morgan fingerprint density at radius 1 is 1.06 bits per heavy atom. The van der Waals surface area contributed by atoms with Gasteiger partial charge in [-0.15, -0.1) is 0 Å². The summed E-state index contributed by atoms with van der Waals surface area (Å²) in [5, 5.41) is 0. The van der Waals surface area contributed by atoms with Crippen LogP contribution in [0.3, 0.4) is 0 Å². The van der Waals surface area contributed by atoms with Crippen molar-refractivity contribution in [2.45, 2.75) is 52.1 Å². The van der Waals surface area contributed by atoms with E-state index in [4.69, 9.17) is 15.2 Å². The molecular formula is C23H26F2INO4. The summed E-state index contributed by atoms with van der Waals surface area (Å²) in [4.78, 5) is 23.8. The number of hydrogen-bond donors (Lipinski definition) is 1. The smallest absolute Gasteiger partial charge is 0.306 e. The Morgan fingerprint density at radius 3 is 2.39 bits per heavy atom. The van der Waals surface area contributed by atoms with Gasteiger partial charge in [0.2, 0.25) is 0 Å². The number of hydrogen-bond acceptors (Lipinski definition) is 4. The van der Waals surface area contributed by atoms with Crippen molar-refractivity contribution < 1.29 is 27.8 Å². The minimum atomic E-state index is -0.787. The lowest BCUT2D eigenvalue weighted by Gasteiger charge is -2.19. The van der Waals surface area contributed by atoms with Gasteiger partial charge < -0.3 is 15.2 Å². The van der Waals surface area contributed by atoms with Crippen molar-refractivity contribution in [2.24, 2.45) is 5.73 Å². The summed E-state index contributed by atoms with van der Waals surface area (Å²) >= 11 is 1.99. The van der Waals surface area contributed by atoms with Crippen molar-refractivity contribution in [3.05, 3.63) is 62.2 Å². The number of benzene rings is 2. The van der Waals surface area contributed by atoms with Gasteiger partial charge in [-0.25, -0.2) is 8.78 Å². The molecule has 0 bridgehead atoms. The Kier molecular flexibility index (Phi) is 8.79. The molecule has 0 fully saturated rings. The second kappa shape index (κ2) is 10.9. The lowest BCUT2D eigenvalue weighted by Crippen LogP contribution is -2.23. The Labute approximate surface area is 194 Å². The zero-order chi connectivity index (χ0) is 23.2. The summed E-state index contributed by atoms with van der Waals surface area (Å²) in [5.41, 5.74) is 5.55. The molecule has 0 aliphatic rings. The van der Waals surface area contributed by atoms with Gasteiger partial charge in [0.1, 0.15) is 23.0 Å². The minimum Gasteiger partial charge on any atom is -0.493 e. The third-order valence-corrected chi connectivity index (χ3v) is 4.91. The number of unbranched alkanes of at least 4 members (excludes halogenated alkanes) is 1. The first kappa shape index (κ1) is 25.0. The van der Waals surface area contributed by atoms with Crippen LogP contribution in [-0.4, -0.2) is 24.1 Å². The Hall–Kier alpha value is -2.23. The van der Waals surface area contributed by atoms with Crippen molar-refractivity contribution in [3.63, 3.8) is 0 Å². The molecular weight excluding hydrogens is 519 g/mol. The van der Waals surface area contributed by atoms with Crippen LogP contribution in [0.2, 0.25) is 0 Å². The average Bonchev–Trinajstić information content (AvgIpc) is 2.61. The predicted molar refractivity (Wildman–Crippen MR) is 122 cm³/mol. The molecule has 168 valence electrons. The number of primary amides is 1. The summed E-state index contributed by atoms with van der Waals surface area (Å²) < 4.78 is 40.0. The fraction of sp³-hybridized carbons (Fsp3) is 0.391. The SMILES string of the molecule is CC(C)(C)OC(=O)CCCCOc1cc(F)cc(Cc2ccc(I)cc2F)c1C(N)=O. The highest BCUT2D eigenvalue weighted by molar-refractivity contribution is 14.1. The third kappa shape index (κ3) is 8.08. The normalized spacial score (nSPS) is 11.3. The predicted octanol–water partition coefficient (Wildman–Crippen LogP) is 5.15. The molecule has 0 heterocycles. The van der Waals surface area contributed by atoms with Gasteiger partial charge in [-0.2, -0.15) is 0 Å². The Balaban J connectivity index is 2.08. The molecule has 2 aromatic carbocycles. The number of carbonyl (C=O) groups is 2. The molecule has 0 saturated heterocycles. The average molecular weight is 545 g/mol. The Bertz CT molecular complexity index is 957. The van der Waals surface area contributed by atoms with Crippen LogP contribution in [0.25, 0.3) is 0 Å². The van der Waals surface area contributed by atoms with Gasteiger partial charge in [-0.05, 0) is 85.5 Å². The van der Waals surface area contributed by atoms with Crippen molar-refractivity contribution in [3.8, 4) is 5.75 Å². The lowest BCUT2D eigenvalue weighted by molar-refractivity contribution is -0.154. The largest absolute Gasteiger partial charge is 0.493 e. The standard InChI is InChI=1S/C23H26F2INO4/c1-23(2,3)31-20(28)6-4-5-9-30-19-12-16(24)11-15(21(19)22(27)29)10-14-7-8-17(26)13-18(14)25/h7-8,11-13H,4-6,9-10H2,1-3H3,(H2,27,29). The molecule has 5 nitrogen and oxygen atoms in total. The zero-order valence-corrected chi connectivity index (χ0v) is 19.9. The first-order valence-electron chi connectivity index (χ1n) is 9.87. The van der Waals surface area contributed by atoms with Gasteiger partial charge in [0.05, 0.1) is 12.2 Å². The number of carbonyl (C=O) groups excluding carboxylic acids is 2. The van der Waals surface area contributed by atoms with Crippen LogP contribution in [0.4, 0.5) is 8.78 Å². The summed E-state index contributed by atoms with van der Waals surface area (Å²) in [6.45, 7) is 5.54. The van der Waals surface area contributed by atoms with Crippen molar-refractivity contribution in [1.82, 2.24) is 0 Å². The Morgan fingerprint density at radius 2 is 1.77 bits per heavy atom. The first-order valence-corrected chi connectivity index (χ1v) is 10.9. The van der Waals surface area contributed by atoms with E-state index in [-0.39, 0.29) is 42.3 Å².